The molecule has 0 radical (unpaired) electrons. The Labute approximate surface area is 120 Å². The Balaban J connectivity index is 2.82. The maximum atomic E-state index is 13.7. The first-order valence-corrected chi connectivity index (χ1v) is 6.97. The monoisotopic (exact) mass is 283 g/mol. The van der Waals surface area contributed by atoms with Crippen LogP contribution in [0, 0.1) is 5.82 Å². The lowest BCUT2D eigenvalue weighted by atomic mass is 10.1. The van der Waals surface area contributed by atoms with Gasteiger partial charge in [0.2, 0.25) is 0 Å². The van der Waals surface area contributed by atoms with Crippen molar-refractivity contribution in [2.24, 2.45) is 5.73 Å². The van der Waals surface area contributed by atoms with Crippen molar-refractivity contribution >= 4 is 22.9 Å². The average Bonchev–Trinajstić information content (AvgIpc) is 2.35. The summed E-state index contributed by atoms with van der Waals surface area (Å²) >= 11 is 4.91. The summed E-state index contributed by atoms with van der Waals surface area (Å²) in [5.74, 6) is -0.382. The number of rotatable bonds is 7. The van der Waals surface area contributed by atoms with Gasteiger partial charge in [-0.1, -0.05) is 32.1 Å². The number of nitrogens with zero attached hydrogens (tertiary/aromatic N) is 1. The lowest BCUT2D eigenvalue weighted by molar-refractivity contribution is 0.295. The second-order valence-electron chi connectivity index (χ2n) is 4.56. The van der Waals surface area contributed by atoms with Crippen molar-refractivity contribution in [2.75, 3.05) is 25.0 Å². The minimum absolute atomic E-state index is 0.0793. The molecule has 106 valence electrons. The van der Waals surface area contributed by atoms with Crippen LogP contribution in [0.25, 0.3) is 0 Å². The molecule has 0 spiro atoms. The summed E-state index contributed by atoms with van der Waals surface area (Å²) in [5, 5.41) is 3.28. The van der Waals surface area contributed by atoms with E-state index in [9.17, 15) is 4.39 Å². The van der Waals surface area contributed by atoms with E-state index in [0.717, 1.165) is 19.6 Å². The molecule has 0 aliphatic carbocycles. The lowest BCUT2D eigenvalue weighted by Crippen LogP contribution is -2.35. The molecule has 0 aromatic heterocycles. The fourth-order valence-corrected chi connectivity index (χ4v) is 2.28. The van der Waals surface area contributed by atoms with Gasteiger partial charge in [0.05, 0.1) is 5.56 Å². The first-order valence-electron chi connectivity index (χ1n) is 6.56. The van der Waals surface area contributed by atoms with Crippen molar-refractivity contribution in [3.05, 3.63) is 29.6 Å². The number of thiocarbonyl (C=S) groups is 1. The predicted octanol–water partition coefficient (Wildman–Crippen LogP) is 2.60. The fraction of sp³-hybridized carbons (Fsp3) is 0.500. The van der Waals surface area contributed by atoms with Gasteiger partial charge in [0, 0.05) is 18.3 Å². The van der Waals surface area contributed by atoms with Gasteiger partial charge in [-0.05, 0) is 32.1 Å². The van der Waals surface area contributed by atoms with Crippen LogP contribution in [0.1, 0.15) is 26.3 Å². The summed E-state index contributed by atoms with van der Waals surface area (Å²) in [4.78, 5) is 2.38. The number of likely N-dealkylation sites (N-methyl/N-ethyl adjacent to an activating group) is 1. The summed E-state index contributed by atoms with van der Waals surface area (Å²) in [6.45, 7) is 9.19. The molecule has 1 rings (SSSR count). The molecule has 0 saturated carbocycles. The second-order valence-corrected chi connectivity index (χ2v) is 5.00. The number of hydrogen-bond acceptors (Lipinski definition) is 3. The zero-order valence-electron chi connectivity index (χ0n) is 11.7. The Morgan fingerprint density at radius 1 is 1.42 bits per heavy atom. The van der Waals surface area contributed by atoms with Gasteiger partial charge < -0.3 is 16.0 Å². The van der Waals surface area contributed by atoms with E-state index in [4.69, 9.17) is 18.0 Å². The summed E-state index contributed by atoms with van der Waals surface area (Å²) in [5.41, 5.74) is 6.54. The molecule has 0 amide bonds. The van der Waals surface area contributed by atoms with Crippen LogP contribution in [0.2, 0.25) is 0 Å². The van der Waals surface area contributed by atoms with Crippen molar-refractivity contribution in [3.8, 4) is 0 Å². The third-order valence-corrected chi connectivity index (χ3v) is 3.29. The minimum atomic E-state index is -0.382. The van der Waals surface area contributed by atoms with E-state index >= 15 is 0 Å². The van der Waals surface area contributed by atoms with Gasteiger partial charge in [0.25, 0.3) is 0 Å². The number of nitrogens with one attached hydrogen (secondary N) is 1. The largest absolute Gasteiger partial charge is 0.389 e. The highest BCUT2D eigenvalue weighted by atomic mass is 32.1. The van der Waals surface area contributed by atoms with Gasteiger partial charge >= 0.3 is 0 Å². The van der Waals surface area contributed by atoms with Crippen LogP contribution in [0.4, 0.5) is 10.1 Å². The fourth-order valence-electron chi connectivity index (χ4n) is 2.08. The molecule has 3 N–H and O–H groups in total. The van der Waals surface area contributed by atoms with E-state index in [-0.39, 0.29) is 16.8 Å². The number of benzene rings is 1. The molecule has 5 heteroatoms. The van der Waals surface area contributed by atoms with Gasteiger partial charge in [-0.2, -0.15) is 0 Å². The second kappa shape index (κ2) is 7.40. The Morgan fingerprint density at radius 3 is 2.58 bits per heavy atom. The number of halogens is 1. The molecule has 3 nitrogen and oxygen atoms in total. The number of nitrogens with two attached hydrogens (primary N) is 1. The van der Waals surface area contributed by atoms with Gasteiger partial charge in [0.1, 0.15) is 10.8 Å². The van der Waals surface area contributed by atoms with Crippen LogP contribution >= 0.6 is 12.2 Å². The Kier molecular flexibility index (Phi) is 6.18. The van der Waals surface area contributed by atoms with Crippen LogP contribution in [-0.4, -0.2) is 35.6 Å². The maximum Gasteiger partial charge on any atom is 0.135 e. The quantitative estimate of drug-likeness (QED) is 0.755. The Morgan fingerprint density at radius 2 is 2.05 bits per heavy atom. The highest BCUT2D eigenvalue weighted by molar-refractivity contribution is 7.80. The third kappa shape index (κ3) is 4.44. The van der Waals surface area contributed by atoms with Crippen LogP contribution in [0.5, 0.6) is 0 Å². The van der Waals surface area contributed by atoms with Crippen LogP contribution in [0.15, 0.2) is 18.2 Å². The van der Waals surface area contributed by atoms with Crippen molar-refractivity contribution < 1.29 is 4.39 Å². The van der Waals surface area contributed by atoms with Crippen molar-refractivity contribution in [1.82, 2.24) is 4.90 Å². The maximum absolute atomic E-state index is 13.7. The van der Waals surface area contributed by atoms with Crippen LogP contribution < -0.4 is 11.1 Å². The topological polar surface area (TPSA) is 41.3 Å². The van der Waals surface area contributed by atoms with Crippen LogP contribution in [-0.2, 0) is 0 Å². The van der Waals surface area contributed by atoms with Gasteiger partial charge in [-0.15, -0.1) is 0 Å². The Hall–Kier alpha value is -1.20. The van der Waals surface area contributed by atoms with E-state index < -0.39 is 0 Å². The molecule has 1 aromatic rings. The van der Waals surface area contributed by atoms with Crippen molar-refractivity contribution in [1.29, 1.82) is 0 Å². The molecule has 0 heterocycles. The van der Waals surface area contributed by atoms with Crippen molar-refractivity contribution in [3.63, 3.8) is 0 Å². The molecular weight excluding hydrogens is 261 g/mol. The van der Waals surface area contributed by atoms with Crippen LogP contribution in [0.3, 0.4) is 0 Å². The van der Waals surface area contributed by atoms with E-state index in [1.165, 1.54) is 6.07 Å². The van der Waals surface area contributed by atoms with E-state index in [1.807, 2.05) is 0 Å². The summed E-state index contributed by atoms with van der Waals surface area (Å²) in [6.07, 6.45) is 0. The lowest BCUT2D eigenvalue weighted by Gasteiger charge is -2.25. The van der Waals surface area contributed by atoms with E-state index in [1.54, 1.807) is 12.1 Å². The Bertz CT molecular complexity index is 433. The molecule has 0 bridgehead atoms. The van der Waals surface area contributed by atoms with Gasteiger partial charge in [-0.25, -0.2) is 4.39 Å². The molecule has 1 unspecified atom stereocenters. The average molecular weight is 283 g/mol. The molecule has 0 aliphatic heterocycles. The molecule has 1 atom stereocenters. The smallest absolute Gasteiger partial charge is 0.135 e. The zero-order chi connectivity index (χ0) is 14.4. The third-order valence-electron chi connectivity index (χ3n) is 3.09. The summed E-state index contributed by atoms with van der Waals surface area (Å²) in [6, 6.07) is 5.02. The van der Waals surface area contributed by atoms with Crippen molar-refractivity contribution in [2.45, 2.75) is 26.8 Å². The first kappa shape index (κ1) is 15.9. The molecule has 0 saturated heterocycles. The predicted molar refractivity (Wildman–Crippen MR) is 83.2 cm³/mol. The normalized spacial score (nSPS) is 12.5. The summed E-state index contributed by atoms with van der Waals surface area (Å²) < 4.78 is 13.7. The van der Waals surface area contributed by atoms with E-state index in [2.05, 4.69) is 31.0 Å². The number of hydrogen-bond donors (Lipinski definition) is 2. The standard InChI is InChI=1S/C14H22FN3S/c1-4-18(5-2)9-10(3)17-12-8-6-7-11(15)13(12)14(16)19/h6-8,10,17H,4-5,9H2,1-3H3,(H2,16,19). The van der Waals surface area contributed by atoms with Gasteiger partial charge in [0.15, 0.2) is 0 Å². The number of anilines is 1. The SMILES string of the molecule is CCN(CC)CC(C)Nc1cccc(F)c1C(N)=S. The first-order chi connectivity index (χ1) is 8.99. The molecule has 1 aromatic carbocycles. The molecule has 19 heavy (non-hydrogen) atoms. The minimum Gasteiger partial charge on any atom is -0.389 e. The van der Waals surface area contributed by atoms with E-state index in [0.29, 0.717) is 11.3 Å². The highest BCUT2D eigenvalue weighted by Crippen LogP contribution is 2.19. The molecule has 0 fully saturated rings. The molecule has 0 aliphatic rings. The van der Waals surface area contributed by atoms with Gasteiger partial charge in [-0.3, -0.25) is 0 Å². The zero-order valence-corrected chi connectivity index (χ0v) is 12.6. The molecular formula is C14H22FN3S. The summed E-state index contributed by atoms with van der Waals surface area (Å²) in [7, 11) is 0. The highest BCUT2D eigenvalue weighted by Gasteiger charge is 2.14.